The second kappa shape index (κ2) is 5.41. The van der Waals surface area contributed by atoms with E-state index in [4.69, 9.17) is 11.6 Å². The van der Waals surface area contributed by atoms with Gasteiger partial charge in [0.15, 0.2) is 0 Å². The van der Waals surface area contributed by atoms with Crippen molar-refractivity contribution >= 4 is 17.4 Å². The third kappa shape index (κ3) is 2.93. The molecule has 0 atom stereocenters. The number of benzene rings is 1. The highest BCUT2D eigenvalue weighted by Gasteiger charge is 2.27. The molecule has 3 nitrogen and oxygen atoms in total. The summed E-state index contributed by atoms with van der Waals surface area (Å²) in [4.78, 5) is 11.1. The molecule has 0 N–H and O–H groups in total. The Morgan fingerprint density at radius 3 is 2.70 bits per heavy atom. The molecule has 0 unspecified atom stereocenters. The van der Waals surface area contributed by atoms with Gasteiger partial charge in [0.2, 0.25) is 0 Å². The third-order valence-corrected chi connectivity index (χ3v) is 3.89. The fourth-order valence-electron chi connectivity index (χ4n) is 2.27. The van der Waals surface area contributed by atoms with E-state index in [-0.39, 0.29) is 0 Å². The standard InChI is InChI=1S/C16H18ClN3/c1-11-5-3-4-6-13(11)10-20(2)15-9-14(17)18-16(19-15)12-7-8-12/h3-6,9,12H,7-8,10H2,1-2H3. The molecule has 4 heteroatoms. The van der Waals surface area contributed by atoms with Crippen LogP contribution in [0.25, 0.3) is 0 Å². The van der Waals surface area contributed by atoms with Crippen LogP contribution in [-0.4, -0.2) is 17.0 Å². The minimum Gasteiger partial charge on any atom is -0.355 e. The lowest BCUT2D eigenvalue weighted by Crippen LogP contribution is -2.19. The van der Waals surface area contributed by atoms with Gasteiger partial charge in [0.1, 0.15) is 16.8 Å². The van der Waals surface area contributed by atoms with Gasteiger partial charge < -0.3 is 4.90 Å². The minimum atomic E-state index is 0.513. The maximum atomic E-state index is 6.12. The van der Waals surface area contributed by atoms with Crippen molar-refractivity contribution in [2.75, 3.05) is 11.9 Å². The van der Waals surface area contributed by atoms with E-state index < -0.39 is 0 Å². The van der Waals surface area contributed by atoms with E-state index in [1.165, 1.54) is 24.0 Å². The normalized spacial score (nSPS) is 14.3. The Labute approximate surface area is 124 Å². The zero-order valence-corrected chi connectivity index (χ0v) is 12.6. The molecule has 3 rings (SSSR count). The third-order valence-electron chi connectivity index (χ3n) is 3.70. The van der Waals surface area contributed by atoms with Crippen LogP contribution < -0.4 is 4.90 Å². The smallest absolute Gasteiger partial charge is 0.135 e. The summed E-state index contributed by atoms with van der Waals surface area (Å²) in [6.07, 6.45) is 2.36. The first-order valence-corrected chi connectivity index (χ1v) is 7.31. The van der Waals surface area contributed by atoms with Crippen LogP contribution in [0.5, 0.6) is 0 Å². The molecule has 1 aliphatic carbocycles. The summed E-state index contributed by atoms with van der Waals surface area (Å²) in [5.74, 6) is 2.30. The molecule has 2 aromatic rings. The van der Waals surface area contributed by atoms with E-state index in [0.717, 1.165) is 18.2 Å². The van der Waals surface area contributed by atoms with Crippen LogP contribution in [0, 0.1) is 6.92 Å². The molecule has 0 spiro atoms. The zero-order chi connectivity index (χ0) is 14.1. The number of hydrogen-bond donors (Lipinski definition) is 0. The first-order chi connectivity index (χ1) is 9.63. The molecule has 1 saturated carbocycles. The van der Waals surface area contributed by atoms with Crippen LogP contribution in [0.1, 0.15) is 35.7 Å². The molecular weight excluding hydrogens is 270 g/mol. The summed E-state index contributed by atoms with van der Waals surface area (Å²) in [6.45, 7) is 2.95. The summed E-state index contributed by atoms with van der Waals surface area (Å²) in [5, 5.41) is 0.536. The van der Waals surface area contributed by atoms with Gasteiger partial charge in [-0.3, -0.25) is 0 Å². The average Bonchev–Trinajstić information content (AvgIpc) is 3.25. The van der Waals surface area contributed by atoms with Crippen molar-refractivity contribution in [3.05, 3.63) is 52.4 Å². The SMILES string of the molecule is Cc1ccccc1CN(C)c1cc(Cl)nc(C2CC2)n1. The van der Waals surface area contributed by atoms with Crippen molar-refractivity contribution < 1.29 is 0 Å². The summed E-state index contributed by atoms with van der Waals surface area (Å²) < 4.78 is 0. The topological polar surface area (TPSA) is 29.0 Å². The second-order valence-corrected chi connectivity index (χ2v) is 5.85. The number of aromatic nitrogens is 2. The van der Waals surface area contributed by atoms with Crippen LogP contribution in [0.15, 0.2) is 30.3 Å². The van der Waals surface area contributed by atoms with Gasteiger partial charge in [-0.2, -0.15) is 0 Å². The number of anilines is 1. The van der Waals surface area contributed by atoms with E-state index in [0.29, 0.717) is 11.1 Å². The van der Waals surface area contributed by atoms with Crippen LogP contribution >= 0.6 is 11.6 Å². The molecule has 20 heavy (non-hydrogen) atoms. The lowest BCUT2D eigenvalue weighted by atomic mass is 10.1. The summed E-state index contributed by atoms with van der Waals surface area (Å²) >= 11 is 6.12. The largest absolute Gasteiger partial charge is 0.355 e. The highest BCUT2D eigenvalue weighted by molar-refractivity contribution is 6.29. The quantitative estimate of drug-likeness (QED) is 0.797. The van der Waals surface area contributed by atoms with Gasteiger partial charge in [-0.1, -0.05) is 35.9 Å². The van der Waals surface area contributed by atoms with Crippen molar-refractivity contribution in [2.45, 2.75) is 32.2 Å². The summed E-state index contributed by atoms with van der Waals surface area (Å²) in [6, 6.07) is 10.2. The van der Waals surface area contributed by atoms with Gasteiger partial charge in [-0.25, -0.2) is 9.97 Å². The first-order valence-electron chi connectivity index (χ1n) is 6.93. The Morgan fingerprint density at radius 2 is 2.00 bits per heavy atom. The Bertz CT molecular complexity index is 623. The molecule has 1 aliphatic rings. The highest BCUT2D eigenvalue weighted by atomic mass is 35.5. The maximum absolute atomic E-state index is 6.12. The van der Waals surface area contributed by atoms with Crippen molar-refractivity contribution in [3.8, 4) is 0 Å². The Kier molecular flexibility index (Phi) is 3.62. The monoisotopic (exact) mass is 287 g/mol. The van der Waals surface area contributed by atoms with Gasteiger partial charge in [0, 0.05) is 25.6 Å². The van der Waals surface area contributed by atoms with Crippen LogP contribution in [0.4, 0.5) is 5.82 Å². The molecule has 0 bridgehead atoms. The van der Waals surface area contributed by atoms with E-state index in [9.17, 15) is 0 Å². The molecular formula is C16H18ClN3. The Morgan fingerprint density at radius 1 is 1.25 bits per heavy atom. The van der Waals surface area contributed by atoms with Crippen molar-refractivity contribution in [1.82, 2.24) is 9.97 Å². The maximum Gasteiger partial charge on any atom is 0.135 e. The number of rotatable bonds is 4. The molecule has 0 amide bonds. The van der Waals surface area contributed by atoms with Gasteiger partial charge in [-0.05, 0) is 30.9 Å². The first kappa shape index (κ1) is 13.4. The molecule has 1 heterocycles. The van der Waals surface area contributed by atoms with Gasteiger partial charge >= 0.3 is 0 Å². The summed E-state index contributed by atoms with van der Waals surface area (Å²) in [7, 11) is 2.04. The predicted octanol–water partition coefficient (Wildman–Crippen LogP) is 3.95. The minimum absolute atomic E-state index is 0.513. The van der Waals surface area contributed by atoms with E-state index >= 15 is 0 Å². The van der Waals surface area contributed by atoms with Crippen molar-refractivity contribution in [1.29, 1.82) is 0 Å². The highest BCUT2D eigenvalue weighted by Crippen LogP contribution is 2.39. The van der Waals surface area contributed by atoms with Crippen LogP contribution in [0.2, 0.25) is 5.15 Å². The molecule has 1 fully saturated rings. The van der Waals surface area contributed by atoms with Gasteiger partial charge in [0.05, 0.1) is 0 Å². The average molecular weight is 288 g/mol. The number of hydrogen-bond acceptors (Lipinski definition) is 3. The van der Waals surface area contributed by atoms with Gasteiger partial charge in [0.25, 0.3) is 0 Å². The Balaban J connectivity index is 1.83. The fraction of sp³-hybridized carbons (Fsp3) is 0.375. The summed E-state index contributed by atoms with van der Waals surface area (Å²) in [5.41, 5.74) is 2.60. The number of halogens is 1. The van der Waals surface area contributed by atoms with Crippen molar-refractivity contribution in [3.63, 3.8) is 0 Å². The fourth-order valence-corrected chi connectivity index (χ4v) is 2.45. The molecule has 0 radical (unpaired) electrons. The predicted molar refractivity (Wildman–Crippen MR) is 82.3 cm³/mol. The molecule has 0 saturated heterocycles. The molecule has 1 aromatic heterocycles. The van der Waals surface area contributed by atoms with Gasteiger partial charge in [-0.15, -0.1) is 0 Å². The van der Waals surface area contributed by atoms with Crippen molar-refractivity contribution in [2.24, 2.45) is 0 Å². The second-order valence-electron chi connectivity index (χ2n) is 5.46. The van der Waals surface area contributed by atoms with E-state index in [1.807, 2.05) is 13.1 Å². The lowest BCUT2D eigenvalue weighted by Gasteiger charge is -2.20. The van der Waals surface area contributed by atoms with E-state index in [1.54, 1.807) is 0 Å². The zero-order valence-electron chi connectivity index (χ0n) is 11.8. The van der Waals surface area contributed by atoms with E-state index in [2.05, 4.69) is 46.1 Å². The number of aryl methyl sites for hydroxylation is 1. The molecule has 1 aromatic carbocycles. The molecule has 0 aliphatic heterocycles. The van der Waals surface area contributed by atoms with Crippen LogP contribution in [-0.2, 0) is 6.54 Å². The number of nitrogens with zero attached hydrogens (tertiary/aromatic N) is 3. The Hall–Kier alpha value is -1.61. The van der Waals surface area contributed by atoms with Crippen LogP contribution in [0.3, 0.4) is 0 Å². The molecule has 104 valence electrons. The lowest BCUT2D eigenvalue weighted by molar-refractivity contribution is 0.850.